The van der Waals surface area contributed by atoms with Crippen LogP contribution in [0.1, 0.15) is 25.8 Å². The van der Waals surface area contributed by atoms with Gasteiger partial charge in [0, 0.05) is 13.1 Å². The zero-order valence-electron chi connectivity index (χ0n) is 14.8. The van der Waals surface area contributed by atoms with E-state index in [0.29, 0.717) is 24.0 Å². The number of benzene rings is 1. The van der Waals surface area contributed by atoms with Crippen molar-refractivity contribution < 1.29 is 19.0 Å². The van der Waals surface area contributed by atoms with E-state index in [4.69, 9.17) is 17.0 Å². The number of halogens is 1. The zero-order valence-corrected chi connectivity index (χ0v) is 15.7. The van der Waals surface area contributed by atoms with Crippen LogP contribution in [0.2, 0.25) is 0 Å². The Kier molecular flexibility index (Phi) is 4.39. The summed E-state index contributed by atoms with van der Waals surface area (Å²) >= 11 is 5.76. The lowest BCUT2D eigenvalue weighted by Gasteiger charge is -2.49. The molecule has 140 valence electrons. The quantitative estimate of drug-likeness (QED) is 0.638. The number of thiocarbonyl (C=S) groups is 1. The number of nitrogens with zero attached hydrogens (tertiary/aromatic N) is 2. The molecule has 4 fully saturated rings. The average molecular weight is 378 g/mol. The van der Waals surface area contributed by atoms with E-state index < -0.39 is 12.2 Å². The highest BCUT2D eigenvalue weighted by Gasteiger charge is 2.62. The van der Waals surface area contributed by atoms with Gasteiger partial charge in [0.1, 0.15) is 11.9 Å². The van der Waals surface area contributed by atoms with Crippen molar-refractivity contribution in [2.45, 2.75) is 51.1 Å². The fourth-order valence-electron chi connectivity index (χ4n) is 4.54. The number of aliphatic hydroxyl groups is 1. The number of esters is 1. The van der Waals surface area contributed by atoms with E-state index in [1.54, 1.807) is 12.1 Å². The second-order valence-electron chi connectivity index (χ2n) is 7.88. The molecular formula is C19H23FN2O3S. The highest BCUT2D eigenvalue weighted by atomic mass is 32.1. The third-order valence-corrected chi connectivity index (χ3v) is 6.04. The summed E-state index contributed by atoms with van der Waals surface area (Å²) in [7, 11) is 0. The first-order chi connectivity index (χ1) is 12.4. The van der Waals surface area contributed by atoms with Crippen LogP contribution in [-0.4, -0.2) is 56.8 Å². The molecule has 0 radical (unpaired) electrons. The van der Waals surface area contributed by atoms with Crippen molar-refractivity contribution in [1.82, 2.24) is 9.80 Å². The molecule has 5 unspecified atom stereocenters. The number of hydrogen-bond acceptors (Lipinski definition) is 4. The zero-order chi connectivity index (χ0) is 18.6. The summed E-state index contributed by atoms with van der Waals surface area (Å²) in [5.41, 5.74) is 0.932. The highest BCUT2D eigenvalue weighted by molar-refractivity contribution is 7.80. The Bertz CT molecular complexity index is 726. The first-order valence-corrected chi connectivity index (χ1v) is 9.48. The molecule has 0 amide bonds. The molecule has 5 atom stereocenters. The average Bonchev–Trinajstić information content (AvgIpc) is 2.85. The molecule has 1 aromatic carbocycles. The number of rotatable bonds is 4. The Labute approximate surface area is 157 Å². The van der Waals surface area contributed by atoms with Crippen molar-refractivity contribution in [1.29, 1.82) is 0 Å². The second-order valence-corrected chi connectivity index (χ2v) is 8.24. The molecule has 3 saturated heterocycles. The Morgan fingerprint density at radius 3 is 2.62 bits per heavy atom. The predicted molar refractivity (Wildman–Crippen MR) is 97.7 cm³/mol. The smallest absolute Gasteiger partial charge is 0.311 e. The van der Waals surface area contributed by atoms with Gasteiger partial charge < -0.3 is 19.6 Å². The second kappa shape index (κ2) is 6.46. The minimum atomic E-state index is -0.670. The fourth-order valence-corrected chi connectivity index (χ4v) is 4.92. The molecule has 1 saturated carbocycles. The molecule has 5 rings (SSSR count). The van der Waals surface area contributed by atoms with Gasteiger partial charge in [0.05, 0.1) is 24.1 Å². The lowest BCUT2D eigenvalue weighted by molar-refractivity contribution is -0.199. The summed E-state index contributed by atoms with van der Waals surface area (Å²) in [6.45, 7) is 5.50. The monoisotopic (exact) mass is 378 g/mol. The summed E-state index contributed by atoms with van der Waals surface area (Å²) in [5, 5.41) is 11.1. The van der Waals surface area contributed by atoms with E-state index in [2.05, 4.69) is 18.7 Å². The Morgan fingerprint density at radius 1 is 1.27 bits per heavy atom. The number of carbonyl (C=O) groups is 1. The Balaban J connectivity index is 1.68. The Hall–Kier alpha value is -1.73. The van der Waals surface area contributed by atoms with Gasteiger partial charge in [-0.2, -0.15) is 0 Å². The minimum absolute atomic E-state index is 0.0694. The number of fused-ring (bicyclic) bond motifs is 2. The van der Waals surface area contributed by atoms with E-state index >= 15 is 0 Å². The molecule has 3 heterocycles. The number of carbonyl (C=O) groups excluding carboxylic acids is 1. The summed E-state index contributed by atoms with van der Waals surface area (Å²) in [6, 6.07) is 6.10. The van der Waals surface area contributed by atoms with Crippen LogP contribution in [0.25, 0.3) is 0 Å². The van der Waals surface area contributed by atoms with Crippen molar-refractivity contribution in [2.24, 2.45) is 11.8 Å². The molecule has 1 N–H and O–H groups in total. The Morgan fingerprint density at radius 2 is 1.96 bits per heavy atom. The first-order valence-electron chi connectivity index (χ1n) is 9.07. The maximum Gasteiger partial charge on any atom is 0.311 e. The fraction of sp³-hybridized carbons (Fsp3) is 0.579. The van der Waals surface area contributed by atoms with Gasteiger partial charge in [-0.15, -0.1) is 0 Å². The summed E-state index contributed by atoms with van der Waals surface area (Å²) in [4.78, 5) is 16.5. The van der Waals surface area contributed by atoms with E-state index in [1.807, 2.05) is 4.90 Å². The van der Waals surface area contributed by atoms with Crippen LogP contribution in [0.5, 0.6) is 0 Å². The van der Waals surface area contributed by atoms with E-state index in [9.17, 15) is 14.3 Å². The minimum Gasteiger partial charge on any atom is -0.457 e. The number of ether oxygens (including phenoxy) is 1. The first kappa shape index (κ1) is 17.7. The molecule has 0 aromatic heterocycles. The van der Waals surface area contributed by atoms with Gasteiger partial charge in [-0.25, -0.2) is 4.39 Å². The highest BCUT2D eigenvalue weighted by Crippen LogP contribution is 2.44. The molecular weight excluding hydrogens is 355 g/mol. The van der Waals surface area contributed by atoms with Crippen LogP contribution in [0, 0.1) is 17.7 Å². The largest absolute Gasteiger partial charge is 0.457 e. The van der Waals surface area contributed by atoms with Gasteiger partial charge >= 0.3 is 5.97 Å². The van der Waals surface area contributed by atoms with E-state index in [-0.39, 0.29) is 29.8 Å². The molecule has 7 heteroatoms. The van der Waals surface area contributed by atoms with Crippen LogP contribution in [-0.2, 0) is 16.1 Å². The van der Waals surface area contributed by atoms with Gasteiger partial charge in [-0.3, -0.25) is 4.79 Å². The third kappa shape index (κ3) is 2.77. The molecule has 3 aliphatic heterocycles. The summed E-state index contributed by atoms with van der Waals surface area (Å²) in [5.74, 6) is -0.490. The van der Waals surface area contributed by atoms with Gasteiger partial charge in [0.2, 0.25) is 0 Å². The standard InChI is InChI=1S/C19H23FN2O3S/c1-10(2)8-21-15-13-7-14(23)17(25-18(13)24)16(15)22(19(21)26)9-11-3-5-12(20)6-4-11/h3-6,10,13-17,23H,7-9H2,1-2H3. The van der Waals surface area contributed by atoms with Crippen LogP contribution in [0.3, 0.4) is 0 Å². The maximum atomic E-state index is 13.2. The predicted octanol–water partition coefficient (Wildman–Crippen LogP) is 1.93. The molecule has 4 aliphatic rings. The molecule has 1 aliphatic carbocycles. The van der Waals surface area contributed by atoms with Crippen molar-refractivity contribution in [2.75, 3.05) is 6.54 Å². The van der Waals surface area contributed by atoms with Crippen LogP contribution < -0.4 is 0 Å². The lowest BCUT2D eigenvalue weighted by Crippen LogP contribution is -2.66. The molecule has 0 spiro atoms. The summed E-state index contributed by atoms with van der Waals surface area (Å²) in [6.07, 6.45) is -0.823. The topological polar surface area (TPSA) is 53.0 Å². The van der Waals surface area contributed by atoms with Gasteiger partial charge in [-0.05, 0) is 42.3 Å². The molecule has 5 nitrogen and oxygen atoms in total. The molecule has 26 heavy (non-hydrogen) atoms. The number of hydrogen-bond donors (Lipinski definition) is 1. The lowest BCUT2D eigenvalue weighted by atomic mass is 9.74. The third-order valence-electron chi connectivity index (χ3n) is 5.57. The van der Waals surface area contributed by atoms with Crippen molar-refractivity contribution >= 4 is 23.3 Å². The normalized spacial score (nSPS) is 33.0. The van der Waals surface area contributed by atoms with Gasteiger partial charge in [-0.1, -0.05) is 26.0 Å². The van der Waals surface area contributed by atoms with Gasteiger partial charge in [0.25, 0.3) is 0 Å². The van der Waals surface area contributed by atoms with Crippen LogP contribution >= 0.6 is 12.2 Å². The van der Waals surface area contributed by atoms with E-state index in [1.165, 1.54) is 12.1 Å². The maximum absolute atomic E-state index is 13.2. The van der Waals surface area contributed by atoms with Gasteiger partial charge in [0.15, 0.2) is 5.11 Å². The SMILES string of the molecule is CC(C)CN1C(=S)N(Cc2ccc(F)cc2)C2C3OC(=O)C(CC3O)C21. The van der Waals surface area contributed by atoms with Crippen LogP contribution in [0.15, 0.2) is 24.3 Å². The van der Waals surface area contributed by atoms with Crippen LogP contribution in [0.4, 0.5) is 4.39 Å². The van der Waals surface area contributed by atoms with Crippen molar-refractivity contribution in [3.8, 4) is 0 Å². The molecule has 1 aromatic rings. The molecule has 2 bridgehead atoms. The van der Waals surface area contributed by atoms with Crippen molar-refractivity contribution in [3.63, 3.8) is 0 Å². The summed E-state index contributed by atoms with van der Waals surface area (Å²) < 4.78 is 18.8. The van der Waals surface area contributed by atoms with Crippen molar-refractivity contribution in [3.05, 3.63) is 35.6 Å². The number of aliphatic hydroxyl groups excluding tert-OH is 1. The van der Waals surface area contributed by atoms with E-state index in [0.717, 1.165) is 12.1 Å².